The van der Waals surface area contributed by atoms with Crippen LogP contribution in [-0.2, 0) is 4.74 Å². The number of halogens is 2. The summed E-state index contributed by atoms with van der Waals surface area (Å²) in [5, 5.41) is 0. The second-order valence-corrected chi connectivity index (χ2v) is 7.70. The lowest BCUT2D eigenvalue weighted by Gasteiger charge is -2.14. The van der Waals surface area contributed by atoms with E-state index in [1.54, 1.807) is 0 Å². The van der Waals surface area contributed by atoms with Gasteiger partial charge in [0.15, 0.2) is 0 Å². The summed E-state index contributed by atoms with van der Waals surface area (Å²) in [7, 11) is 0. The molecule has 3 aromatic rings. The highest BCUT2D eigenvalue weighted by atomic mass is 19.1. The van der Waals surface area contributed by atoms with E-state index in [1.807, 2.05) is 31.2 Å². The van der Waals surface area contributed by atoms with Gasteiger partial charge >= 0.3 is 0 Å². The van der Waals surface area contributed by atoms with Crippen LogP contribution in [0.25, 0.3) is 11.1 Å². The Balaban J connectivity index is 1.59. The van der Waals surface area contributed by atoms with Crippen molar-refractivity contribution in [3.05, 3.63) is 95.1 Å². The number of hydrogen-bond donors (Lipinski definition) is 0. The molecule has 148 valence electrons. The highest BCUT2D eigenvalue weighted by molar-refractivity contribution is 5.96. The van der Waals surface area contributed by atoms with Crippen LogP contribution in [0.5, 0.6) is 0 Å². The topological polar surface area (TPSA) is 21.6 Å². The van der Waals surface area contributed by atoms with Crippen LogP contribution in [0.3, 0.4) is 0 Å². The van der Waals surface area contributed by atoms with Gasteiger partial charge in [0.1, 0.15) is 29.3 Å². The molecular formula is C25H23F2NO. The van der Waals surface area contributed by atoms with E-state index in [0.29, 0.717) is 5.92 Å². The van der Waals surface area contributed by atoms with E-state index in [4.69, 9.17) is 4.74 Å². The quantitative estimate of drug-likeness (QED) is 0.487. The van der Waals surface area contributed by atoms with Crippen LogP contribution >= 0.6 is 0 Å². The highest BCUT2D eigenvalue weighted by Crippen LogP contribution is 2.33. The predicted molar refractivity (Wildman–Crippen MR) is 112 cm³/mol. The SMILES string of the molecule is CC(C)c1ccc(-c2ccc(C3N=C(c4c(F)cccc4F)OC3C)cc2)cc1. The maximum Gasteiger partial charge on any atom is 0.223 e. The maximum atomic E-state index is 14.1. The molecule has 0 fully saturated rings. The van der Waals surface area contributed by atoms with Crippen molar-refractivity contribution in [3.63, 3.8) is 0 Å². The number of rotatable bonds is 4. The van der Waals surface area contributed by atoms with Gasteiger partial charge in [-0.05, 0) is 47.2 Å². The van der Waals surface area contributed by atoms with E-state index in [1.165, 1.54) is 23.8 Å². The first kappa shape index (κ1) is 19.3. The third kappa shape index (κ3) is 3.80. The van der Waals surface area contributed by atoms with Gasteiger partial charge in [-0.1, -0.05) is 68.4 Å². The number of aliphatic imine (C=N–C) groups is 1. The van der Waals surface area contributed by atoms with E-state index in [0.717, 1.165) is 16.7 Å². The molecule has 29 heavy (non-hydrogen) atoms. The third-order valence-corrected chi connectivity index (χ3v) is 5.34. The molecule has 0 saturated carbocycles. The molecule has 0 radical (unpaired) electrons. The molecule has 0 bridgehead atoms. The summed E-state index contributed by atoms with van der Waals surface area (Å²) in [6, 6.07) is 20.1. The monoisotopic (exact) mass is 391 g/mol. The molecule has 4 heteroatoms. The van der Waals surface area contributed by atoms with Gasteiger partial charge in [-0.25, -0.2) is 13.8 Å². The third-order valence-electron chi connectivity index (χ3n) is 5.34. The fourth-order valence-corrected chi connectivity index (χ4v) is 3.61. The molecule has 3 aromatic carbocycles. The second kappa shape index (κ2) is 7.78. The largest absolute Gasteiger partial charge is 0.472 e. The van der Waals surface area contributed by atoms with Crippen LogP contribution in [0.4, 0.5) is 8.78 Å². The Kier molecular flexibility index (Phi) is 5.18. The van der Waals surface area contributed by atoms with Gasteiger partial charge in [0.2, 0.25) is 5.90 Å². The molecule has 1 aliphatic rings. The normalized spacial score (nSPS) is 18.6. The average Bonchev–Trinajstić information content (AvgIpc) is 3.09. The predicted octanol–water partition coefficient (Wildman–Crippen LogP) is 6.66. The van der Waals surface area contributed by atoms with Crippen LogP contribution < -0.4 is 0 Å². The summed E-state index contributed by atoms with van der Waals surface area (Å²) in [6.07, 6.45) is -0.305. The number of benzene rings is 3. The lowest BCUT2D eigenvalue weighted by Crippen LogP contribution is -2.14. The molecule has 2 atom stereocenters. The minimum absolute atomic E-state index is 0.0199. The Hall–Kier alpha value is -3.01. The van der Waals surface area contributed by atoms with Crippen LogP contribution in [0.2, 0.25) is 0 Å². The molecule has 2 nitrogen and oxygen atoms in total. The molecule has 0 aliphatic carbocycles. The van der Waals surface area contributed by atoms with Gasteiger partial charge in [0.25, 0.3) is 0 Å². The summed E-state index contributed by atoms with van der Waals surface area (Å²) in [6.45, 7) is 6.21. The molecule has 0 N–H and O–H groups in total. The molecule has 1 aliphatic heterocycles. The average molecular weight is 391 g/mol. The molecule has 1 heterocycles. The summed E-state index contributed by atoms with van der Waals surface area (Å²) in [5.41, 5.74) is 4.31. The van der Waals surface area contributed by atoms with Gasteiger partial charge in [0, 0.05) is 0 Å². The van der Waals surface area contributed by atoms with Gasteiger partial charge in [-0.15, -0.1) is 0 Å². The first-order valence-corrected chi connectivity index (χ1v) is 9.83. The van der Waals surface area contributed by atoms with Crippen LogP contribution in [0, 0.1) is 11.6 Å². The van der Waals surface area contributed by atoms with Crippen LogP contribution in [-0.4, -0.2) is 12.0 Å². The summed E-state index contributed by atoms with van der Waals surface area (Å²) in [5.74, 6) is -0.818. The minimum Gasteiger partial charge on any atom is -0.472 e. The maximum absolute atomic E-state index is 14.1. The van der Waals surface area contributed by atoms with Crippen molar-refractivity contribution in [2.45, 2.75) is 38.8 Å². The fourth-order valence-electron chi connectivity index (χ4n) is 3.61. The lowest BCUT2D eigenvalue weighted by molar-refractivity contribution is 0.213. The molecule has 2 unspecified atom stereocenters. The Labute approximate surface area is 169 Å². The number of ether oxygens (including phenoxy) is 1. The summed E-state index contributed by atoms with van der Waals surface area (Å²) >= 11 is 0. The molecule has 0 aromatic heterocycles. The summed E-state index contributed by atoms with van der Waals surface area (Å²) < 4.78 is 33.9. The molecular weight excluding hydrogens is 368 g/mol. The van der Waals surface area contributed by atoms with Crippen molar-refractivity contribution in [2.75, 3.05) is 0 Å². The van der Waals surface area contributed by atoms with Crippen molar-refractivity contribution in [3.8, 4) is 11.1 Å². The lowest BCUT2D eigenvalue weighted by atomic mass is 9.96. The number of hydrogen-bond acceptors (Lipinski definition) is 2. The van der Waals surface area contributed by atoms with Crippen molar-refractivity contribution < 1.29 is 13.5 Å². The molecule has 0 saturated heterocycles. The molecule has 0 amide bonds. The number of nitrogens with zero attached hydrogens (tertiary/aromatic N) is 1. The first-order valence-electron chi connectivity index (χ1n) is 9.83. The standard InChI is InChI=1S/C25H23F2NO/c1-15(2)17-7-9-18(10-8-17)19-11-13-20(14-12-19)24-16(3)29-25(28-24)23-21(26)5-4-6-22(23)27/h4-16,24H,1-3H3. The van der Waals surface area contributed by atoms with E-state index >= 15 is 0 Å². The smallest absolute Gasteiger partial charge is 0.223 e. The van der Waals surface area contributed by atoms with E-state index in [9.17, 15) is 8.78 Å². The second-order valence-electron chi connectivity index (χ2n) is 7.70. The van der Waals surface area contributed by atoms with E-state index in [2.05, 4.69) is 43.1 Å². The minimum atomic E-state index is -0.670. The van der Waals surface area contributed by atoms with E-state index in [-0.39, 0.29) is 23.6 Å². The fraction of sp³-hybridized carbons (Fsp3) is 0.240. The van der Waals surface area contributed by atoms with E-state index < -0.39 is 11.6 Å². The zero-order valence-corrected chi connectivity index (χ0v) is 16.7. The Morgan fingerprint density at radius 3 is 1.93 bits per heavy atom. The van der Waals surface area contributed by atoms with Crippen molar-refractivity contribution in [1.29, 1.82) is 0 Å². The summed E-state index contributed by atoms with van der Waals surface area (Å²) in [4.78, 5) is 4.48. The zero-order chi connectivity index (χ0) is 20.5. The Morgan fingerprint density at radius 2 is 1.38 bits per heavy atom. The zero-order valence-electron chi connectivity index (χ0n) is 16.7. The Morgan fingerprint density at radius 1 is 0.828 bits per heavy atom. The van der Waals surface area contributed by atoms with Gasteiger partial charge in [0.05, 0.1) is 0 Å². The van der Waals surface area contributed by atoms with Gasteiger partial charge < -0.3 is 4.74 Å². The molecule has 4 rings (SSSR count). The van der Waals surface area contributed by atoms with Crippen molar-refractivity contribution >= 4 is 5.90 Å². The van der Waals surface area contributed by atoms with Crippen molar-refractivity contribution in [2.24, 2.45) is 4.99 Å². The molecule has 0 spiro atoms. The van der Waals surface area contributed by atoms with Crippen LogP contribution in [0.15, 0.2) is 71.7 Å². The van der Waals surface area contributed by atoms with Gasteiger partial charge in [-0.3, -0.25) is 0 Å². The highest BCUT2D eigenvalue weighted by Gasteiger charge is 2.32. The Bertz CT molecular complexity index is 1020. The first-order chi connectivity index (χ1) is 13.9. The van der Waals surface area contributed by atoms with Crippen molar-refractivity contribution in [1.82, 2.24) is 0 Å². The van der Waals surface area contributed by atoms with Gasteiger partial charge in [-0.2, -0.15) is 0 Å². The van der Waals surface area contributed by atoms with Crippen LogP contribution in [0.1, 0.15) is 49.4 Å².